The van der Waals surface area contributed by atoms with Gasteiger partial charge in [0.2, 0.25) is 5.91 Å². The summed E-state index contributed by atoms with van der Waals surface area (Å²) >= 11 is 11.6. The normalized spacial score (nSPS) is 11.6. The number of hydrogen-bond acceptors (Lipinski definition) is 3. The minimum atomic E-state index is -0.992. The summed E-state index contributed by atoms with van der Waals surface area (Å²) in [6, 6.07) is 3.72. The van der Waals surface area contributed by atoms with E-state index in [1.165, 1.54) is 18.2 Å². The summed E-state index contributed by atoms with van der Waals surface area (Å²) in [5.41, 5.74) is 0.344. The van der Waals surface area contributed by atoms with Gasteiger partial charge >= 0.3 is 12.0 Å². The Bertz CT molecular complexity index is 543. The Hall–Kier alpha value is -1.79. The van der Waals surface area contributed by atoms with Gasteiger partial charge in [-0.05, 0) is 24.1 Å². The van der Waals surface area contributed by atoms with Gasteiger partial charge in [0.05, 0.1) is 0 Å². The van der Waals surface area contributed by atoms with Crippen molar-refractivity contribution in [1.82, 2.24) is 5.32 Å². The van der Waals surface area contributed by atoms with Crippen LogP contribution in [0.2, 0.25) is 10.0 Å². The summed E-state index contributed by atoms with van der Waals surface area (Å²) in [7, 11) is 0. The number of nitrogens with one attached hydrogen (secondary N) is 2. The third-order valence-corrected chi connectivity index (χ3v) is 2.87. The Morgan fingerprint density at radius 1 is 1.14 bits per heavy atom. The van der Waals surface area contributed by atoms with E-state index in [2.05, 4.69) is 10.6 Å². The van der Waals surface area contributed by atoms with Crippen LogP contribution in [0.25, 0.3) is 0 Å². The molecular weight excluding hydrogens is 319 g/mol. The molecule has 6 nitrogen and oxygen atoms in total. The van der Waals surface area contributed by atoms with Crippen LogP contribution in [-0.2, 0) is 9.59 Å². The van der Waals surface area contributed by atoms with Crippen molar-refractivity contribution in [1.29, 1.82) is 0 Å². The van der Waals surface area contributed by atoms with Gasteiger partial charge in [0.25, 0.3) is 0 Å². The second kappa shape index (κ2) is 7.85. The molecule has 0 radical (unpaired) electrons. The quantitative estimate of drug-likeness (QED) is 0.771. The molecule has 1 aromatic rings. The molecule has 0 saturated carbocycles. The monoisotopic (exact) mass is 332 g/mol. The largest absolute Gasteiger partial charge is 0.481 e. The number of rotatable bonds is 5. The van der Waals surface area contributed by atoms with E-state index < -0.39 is 17.9 Å². The Kier molecular flexibility index (Phi) is 6.45. The van der Waals surface area contributed by atoms with Gasteiger partial charge in [-0.1, -0.05) is 30.1 Å². The molecule has 3 amide bonds. The molecule has 1 unspecified atom stereocenters. The second-order valence-corrected chi connectivity index (χ2v) is 5.44. The first-order chi connectivity index (χ1) is 9.76. The lowest BCUT2D eigenvalue weighted by Gasteiger charge is -2.10. The predicted octanol–water partition coefficient (Wildman–Crippen LogP) is 3.14. The van der Waals surface area contributed by atoms with Crippen molar-refractivity contribution in [3.8, 4) is 0 Å². The average Bonchev–Trinajstić information content (AvgIpc) is 2.24. The third kappa shape index (κ3) is 6.97. The highest BCUT2D eigenvalue weighted by Gasteiger charge is 2.15. The first-order valence-electron chi connectivity index (χ1n) is 6.05. The molecule has 1 aromatic carbocycles. The lowest BCUT2D eigenvalue weighted by atomic mass is 10.0. The number of imide groups is 1. The number of anilines is 1. The van der Waals surface area contributed by atoms with Crippen molar-refractivity contribution in [2.24, 2.45) is 5.92 Å². The average molecular weight is 333 g/mol. The standard InChI is InChI=1S/C13H14Cl2N2O4/c1-7(3-12(19)20)2-11(18)17-13(21)16-10-5-8(14)4-9(15)6-10/h4-7H,2-3H2,1H3,(H,19,20)(H2,16,17,18,21). The molecule has 0 aliphatic heterocycles. The molecule has 0 fully saturated rings. The van der Waals surface area contributed by atoms with Crippen LogP contribution in [0, 0.1) is 5.92 Å². The van der Waals surface area contributed by atoms with E-state index in [1.807, 2.05) is 0 Å². The van der Waals surface area contributed by atoms with Crippen LogP contribution in [-0.4, -0.2) is 23.0 Å². The van der Waals surface area contributed by atoms with Gasteiger partial charge in [0, 0.05) is 28.6 Å². The van der Waals surface area contributed by atoms with Crippen LogP contribution >= 0.6 is 23.2 Å². The number of aliphatic carboxylic acids is 1. The Morgan fingerprint density at radius 3 is 2.24 bits per heavy atom. The minimum absolute atomic E-state index is 0.0595. The molecular formula is C13H14Cl2N2O4. The van der Waals surface area contributed by atoms with E-state index in [1.54, 1.807) is 6.92 Å². The minimum Gasteiger partial charge on any atom is -0.481 e. The van der Waals surface area contributed by atoms with Gasteiger partial charge < -0.3 is 10.4 Å². The zero-order valence-electron chi connectivity index (χ0n) is 11.2. The summed E-state index contributed by atoms with van der Waals surface area (Å²) in [6.45, 7) is 1.61. The van der Waals surface area contributed by atoms with Gasteiger partial charge in [-0.2, -0.15) is 0 Å². The van der Waals surface area contributed by atoms with Gasteiger partial charge in [-0.3, -0.25) is 14.9 Å². The number of carbonyl (C=O) groups is 3. The molecule has 0 heterocycles. The van der Waals surface area contributed by atoms with Crippen LogP contribution in [0.4, 0.5) is 10.5 Å². The van der Waals surface area contributed by atoms with Crippen LogP contribution in [0.5, 0.6) is 0 Å². The number of carboxylic acids is 1. The lowest BCUT2D eigenvalue weighted by Crippen LogP contribution is -2.35. The van der Waals surface area contributed by atoms with Crippen molar-refractivity contribution < 1.29 is 19.5 Å². The third-order valence-electron chi connectivity index (χ3n) is 2.43. The van der Waals surface area contributed by atoms with E-state index in [4.69, 9.17) is 28.3 Å². The van der Waals surface area contributed by atoms with E-state index in [-0.39, 0.29) is 18.8 Å². The molecule has 1 atom stereocenters. The Labute approximate surface area is 131 Å². The molecule has 0 saturated heterocycles. The fourth-order valence-electron chi connectivity index (χ4n) is 1.65. The number of benzene rings is 1. The van der Waals surface area contributed by atoms with Gasteiger partial charge in [-0.25, -0.2) is 4.79 Å². The summed E-state index contributed by atoms with van der Waals surface area (Å²) in [6.07, 6.45) is -0.199. The van der Waals surface area contributed by atoms with Crippen molar-refractivity contribution in [3.63, 3.8) is 0 Å². The highest BCUT2D eigenvalue weighted by molar-refractivity contribution is 6.35. The van der Waals surface area contributed by atoms with Crippen molar-refractivity contribution in [2.45, 2.75) is 19.8 Å². The predicted molar refractivity (Wildman–Crippen MR) is 79.7 cm³/mol. The number of halogens is 2. The number of hydrogen-bond donors (Lipinski definition) is 3. The van der Waals surface area contributed by atoms with Gasteiger partial charge in [0.15, 0.2) is 0 Å². The first-order valence-corrected chi connectivity index (χ1v) is 6.80. The summed E-state index contributed by atoms with van der Waals surface area (Å²) in [5, 5.41) is 13.8. The van der Waals surface area contributed by atoms with Gasteiger partial charge in [-0.15, -0.1) is 0 Å². The van der Waals surface area contributed by atoms with E-state index in [0.717, 1.165) is 0 Å². The van der Waals surface area contributed by atoms with Crippen LogP contribution in [0.3, 0.4) is 0 Å². The zero-order valence-corrected chi connectivity index (χ0v) is 12.7. The highest BCUT2D eigenvalue weighted by atomic mass is 35.5. The maximum atomic E-state index is 11.6. The second-order valence-electron chi connectivity index (χ2n) is 4.57. The lowest BCUT2D eigenvalue weighted by molar-refractivity contribution is -0.138. The van der Waals surface area contributed by atoms with Crippen LogP contribution in [0.1, 0.15) is 19.8 Å². The SMILES string of the molecule is CC(CC(=O)O)CC(=O)NC(=O)Nc1cc(Cl)cc(Cl)c1. The number of urea groups is 1. The molecule has 8 heteroatoms. The van der Waals surface area contributed by atoms with Crippen LogP contribution in [0.15, 0.2) is 18.2 Å². The molecule has 0 bridgehead atoms. The summed E-state index contributed by atoms with van der Waals surface area (Å²) in [5.74, 6) is -1.92. The molecule has 0 spiro atoms. The summed E-state index contributed by atoms with van der Waals surface area (Å²) in [4.78, 5) is 33.6. The molecule has 0 aromatic heterocycles. The van der Waals surface area contributed by atoms with Gasteiger partial charge in [0.1, 0.15) is 0 Å². The van der Waals surface area contributed by atoms with Crippen molar-refractivity contribution in [2.75, 3.05) is 5.32 Å². The van der Waals surface area contributed by atoms with Crippen molar-refractivity contribution in [3.05, 3.63) is 28.2 Å². The van der Waals surface area contributed by atoms with Crippen LogP contribution < -0.4 is 10.6 Å². The highest BCUT2D eigenvalue weighted by Crippen LogP contribution is 2.22. The molecule has 21 heavy (non-hydrogen) atoms. The Balaban J connectivity index is 2.49. The number of carboxylic acid groups (broad SMARTS) is 1. The number of amides is 3. The van der Waals surface area contributed by atoms with E-state index >= 15 is 0 Å². The molecule has 3 N–H and O–H groups in total. The topological polar surface area (TPSA) is 95.5 Å². The molecule has 0 aliphatic carbocycles. The fraction of sp³-hybridized carbons (Fsp3) is 0.308. The maximum absolute atomic E-state index is 11.6. The first kappa shape index (κ1) is 17.3. The number of carbonyl (C=O) groups excluding carboxylic acids is 2. The van der Waals surface area contributed by atoms with Crippen molar-refractivity contribution >= 4 is 46.8 Å². The smallest absolute Gasteiger partial charge is 0.325 e. The summed E-state index contributed by atoms with van der Waals surface area (Å²) < 4.78 is 0. The zero-order chi connectivity index (χ0) is 16.0. The molecule has 0 aliphatic rings. The molecule has 114 valence electrons. The Morgan fingerprint density at radius 2 is 1.71 bits per heavy atom. The van der Waals surface area contributed by atoms with E-state index in [0.29, 0.717) is 15.7 Å². The molecule has 1 rings (SSSR count). The maximum Gasteiger partial charge on any atom is 0.325 e. The van der Waals surface area contributed by atoms with E-state index in [9.17, 15) is 14.4 Å². The fourth-order valence-corrected chi connectivity index (χ4v) is 2.18.